The smallest absolute Gasteiger partial charge is 0.410 e. The minimum Gasteiger partial charge on any atom is -0.444 e. The van der Waals surface area contributed by atoms with E-state index in [1.807, 2.05) is 25.7 Å². The van der Waals surface area contributed by atoms with Crippen molar-refractivity contribution in [2.24, 2.45) is 0 Å². The third kappa shape index (κ3) is 3.19. The maximum Gasteiger partial charge on any atom is 0.410 e. The van der Waals surface area contributed by atoms with Crippen LogP contribution in [-0.2, 0) is 9.53 Å². The molecule has 2 rings (SSSR count). The van der Waals surface area contributed by atoms with Gasteiger partial charge in [0.1, 0.15) is 5.60 Å². The highest BCUT2D eigenvalue weighted by atomic mass is 16.6. The molecule has 0 aromatic carbocycles. The number of nitrogens with one attached hydrogen (secondary N) is 1. The van der Waals surface area contributed by atoms with E-state index in [9.17, 15) is 9.59 Å². The lowest BCUT2D eigenvalue weighted by atomic mass is 9.88. The summed E-state index contributed by atoms with van der Waals surface area (Å²) in [6.45, 7) is 7.03. The molecule has 0 aromatic heterocycles. The van der Waals surface area contributed by atoms with Crippen molar-refractivity contribution in [2.75, 3.05) is 13.1 Å². The normalized spacial score (nSPS) is 28.2. The average molecular weight is 268 g/mol. The number of nitrogens with zero attached hydrogens (tertiary/aromatic N) is 1. The summed E-state index contributed by atoms with van der Waals surface area (Å²) < 4.78 is 5.50. The Hall–Kier alpha value is -1.26. The van der Waals surface area contributed by atoms with Gasteiger partial charge in [0, 0.05) is 25.0 Å². The number of carbonyl (C=O) groups excluding carboxylic acids is 2. The number of hydrogen-bond donors (Lipinski definition) is 1. The van der Waals surface area contributed by atoms with Crippen LogP contribution in [0.4, 0.5) is 4.79 Å². The fraction of sp³-hybridized carbons (Fsp3) is 0.857. The van der Waals surface area contributed by atoms with Crippen molar-refractivity contribution in [2.45, 2.75) is 64.0 Å². The number of hydrogen-bond acceptors (Lipinski definition) is 3. The summed E-state index contributed by atoms with van der Waals surface area (Å²) in [5.74, 6) is 0.0907. The molecule has 1 spiro atoms. The largest absolute Gasteiger partial charge is 0.444 e. The number of ether oxygens (including phenoxy) is 1. The zero-order valence-corrected chi connectivity index (χ0v) is 12.1. The Morgan fingerprint density at radius 1 is 1.32 bits per heavy atom. The van der Waals surface area contributed by atoms with Crippen LogP contribution < -0.4 is 5.32 Å². The fourth-order valence-corrected chi connectivity index (χ4v) is 3.05. The van der Waals surface area contributed by atoms with Crippen LogP contribution in [0.15, 0.2) is 0 Å². The van der Waals surface area contributed by atoms with E-state index in [4.69, 9.17) is 4.74 Å². The minimum absolute atomic E-state index is 0.0907. The predicted molar refractivity (Wildman–Crippen MR) is 71.8 cm³/mol. The van der Waals surface area contributed by atoms with Gasteiger partial charge >= 0.3 is 6.09 Å². The summed E-state index contributed by atoms with van der Waals surface area (Å²) in [5.41, 5.74) is -0.652. The summed E-state index contributed by atoms with van der Waals surface area (Å²) in [5, 5.41) is 2.89. The molecule has 2 amide bonds. The third-order valence-electron chi connectivity index (χ3n) is 3.94. The molecular formula is C14H24N2O3. The Balaban J connectivity index is 2.11. The van der Waals surface area contributed by atoms with Crippen LogP contribution >= 0.6 is 0 Å². The first kappa shape index (κ1) is 14.2. The summed E-state index contributed by atoms with van der Waals surface area (Å²) >= 11 is 0. The highest BCUT2D eigenvalue weighted by Gasteiger charge is 2.45. The molecular weight excluding hydrogens is 244 g/mol. The highest BCUT2D eigenvalue weighted by Crippen LogP contribution is 2.38. The predicted octanol–water partition coefficient (Wildman–Crippen LogP) is 2.06. The monoisotopic (exact) mass is 268 g/mol. The molecule has 1 unspecified atom stereocenters. The lowest BCUT2D eigenvalue weighted by Gasteiger charge is -2.38. The molecule has 0 radical (unpaired) electrons. The summed E-state index contributed by atoms with van der Waals surface area (Å²) in [6, 6.07) is 0. The van der Waals surface area contributed by atoms with Gasteiger partial charge in [-0.25, -0.2) is 4.79 Å². The van der Waals surface area contributed by atoms with Crippen LogP contribution in [-0.4, -0.2) is 41.1 Å². The van der Waals surface area contributed by atoms with Crippen molar-refractivity contribution in [3.05, 3.63) is 0 Å². The van der Waals surface area contributed by atoms with Crippen LogP contribution in [0.1, 0.15) is 52.9 Å². The van der Waals surface area contributed by atoms with E-state index in [1.54, 1.807) is 0 Å². The molecule has 1 atom stereocenters. The number of likely N-dealkylation sites (tertiary alicyclic amines) is 1. The molecule has 2 heterocycles. The van der Waals surface area contributed by atoms with Crippen LogP contribution in [0.3, 0.4) is 0 Å². The Kier molecular flexibility index (Phi) is 3.74. The second-order valence-corrected chi connectivity index (χ2v) is 6.56. The molecule has 0 aliphatic carbocycles. The quantitative estimate of drug-likeness (QED) is 0.731. The maximum absolute atomic E-state index is 12.3. The van der Waals surface area contributed by atoms with E-state index in [0.717, 1.165) is 32.2 Å². The molecule has 0 bridgehead atoms. The Labute approximate surface area is 114 Å². The van der Waals surface area contributed by atoms with Gasteiger partial charge in [-0.15, -0.1) is 0 Å². The summed E-state index contributed by atoms with van der Waals surface area (Å²) in [6.07, 6.45) is 3.81. The van der Waals surface area contributed by atoms with Gasteiger partial charge in [-0.3, -0.25) is 4.79 Å². The van der Waals surface area contributed by atoms with E-state index in [1.165, 1.54) is 0 Å². The van der Waals surface area contributed by atoms with Gasteiger partial charge in [-0.2, -0.15) is 0 Å². The maximum atomic E-state index is 12.3. The zero-order chi connectivity index (χ0) is 14.1. The molecule has 2 aliphatic rings. The molecule has 2 aliphatic heterocycles. The zero-order valence-electron chi connectivity index (χ0n) is 12.1. The standard InChI is InChI=1S/C14H24N2O3/c1-13(2,3)19-12(18)16-10-4-6-14(16)7-5-11(17)15-9-8-14/h4-10H2,1-3H3,(H,15,17). The molecule has 2 fully saturated rings. The Bertz CT molecular complexity index is 375. The van der Waals surface area contributed by atoms with Gasteiger partial charge in [0.2, 0.25) is 5.91 Å². The third-order valence-corrected chi connectivity index (χ3v) is 3.94. The molecule has 2 saturated heterocycles. The molecule has 0 aromatic rings. The Morgan fingerprint density at radius 3 is 2.74 bits per heavy atom. The van der Waals surface area contributed by atoms with Crippen LogP contribution in [0.25, 0.3) is 0 Å². The topological polar surface area (TPSA) is 58.6 Å². The minimum atomic E-state index is -0.473. The van der Waals surface area contributed by atoms with Crippen molar-refractivity contribution in [1.82, 2.24) is 10.2 Å². The second-order valence-electron chi connectivity index (χ2n) is 6.56. The van der Waals surface area contributed by atoms with Crippen LogP contribution in [0.5, 0.6) is 0 Å². The van der Waals surface area contributed by atoms with Crippen molar-refractivity contribution in [3.63, 3.8) is 0 Å². The molecule has 108 valence electrons. The molecule has 0 saturated carbocycles. The number of rotatable bonds is 0. The first-order chi connectivity index (χ1) is 8.82. The van der Waals surface area contributed by atoms with E-state index in [2.05, 4.69) is 5.32 Å². The van der Waals surface area contributed by atoms with E-state index < -0.39 is 5.60 Å². The lowest BCUT2D eigenvalue weighted by molar-refractivity contribution is -0.121. The van der Waals surface area contributed by atoms with Gasteiger partial charge < -0.3 is 15.0 Å². The number of carbonyl (C=O) groups is 2. The molecule has 5 nitrogen and oxygen atoms in total. The van der Waals surface area contributed by atoms with Gasteiger partial charge in [0.15, 0.2) is 0 Å². The highest BCUT2D eigenvalue weighted by molar-refractivity contribution is 5.77. The van der Waals surface area contributed by atoms with E-state index >= 15 is 0 Å². The summed E-state index contributed by atoms with van der Waals surface area (Å²) in [7, 11) is 0. The van der Waals surface area contributed by atoms with Crippen LogP contribution in [0.2, 0.25) is 0 Å². The van der Waals surface area contributed by atoms with Gasteiger partial charge in [-0.1, -0.05) is 0 Å². The molecule has 1 N–H and O–H groups in total. The first-order valence-electron chi connectivity index (χ1n) is 7.10. The molecule has 5 heteroatoms. The second kappa shape index (κ2) is 5.02. The van der Waals surface area contributed by atoms with Crippen molar-refractivity contribution >= 4 is 12.0 Å². The SMILES string of the molecule is CC(C)(C)OC(=O)N1CCCC12CCNC(=O)CC2. The average Bonchev–Trinajstić information content (AvgIpc) is 2.59. The van der Waals surface area contributed by atoms with Crippen molar-refractivity contribution in [3.8, 4) is 0 Å². The fourth-order valence-electron chi connectivity index (χ4n) is 3.05. The number of amides is 2. The summed E-state index contributed by atoms with van der Waals surface area (Å²) in [4.78, 5) is 25.7. The molecule has 19 heavy (non-hydrogen) atoms. The van der Waals surface area contributed by atoms with Gasteiger partial charge in [0.25, 0.3) is 0 Å². The van der Waals surface area contributed by atoms with Crippen molar-refractivity contribution < 1.29 is 14.3 Å². The van der Waals surface area contributed by atoms with Crippen LogP contribution in [0, 0.1) is 0 Å². The Morgan fingerprint density at radius 2 is 2.05 bits per heavy atom. The lowest BCUT2D eigenvalue weighted by Crippen LogP contribution is -2.49. The first-order valence-corrected chi connectivity index (χ1v) is 7.10. The van der Waals surface area contributed by atoms with Crippen molar-refractivity contribution in [1.29, 1.82) is 0 Å². The van der Waals surface area contributed by atoms with E-state index in [0.29, 0.717) is 13.0 Å². The van der Waals surface area contributed by atoms with Gasteiger partial charge in [-0.05, 0) is 46.5 Å². The van der Waals surface area contributed by atoms with E-state index in [-0.39, 0.29) is 17.5 Å². The van der Waals surface area contributed by atoms with Gasteiger partial charge in [0.05, 0.1) is 0 Å².